The maximum atomic E-state index is 5.17. The minimum Gasteiger partial charge on any atom is -0.497 e. The van der Waals surface area contributed by atoms with Crippen LogP contribution in [0.1, 0.15) is 5.56 Å². The standard InChI is InChI=1S/C16H20N2O/c1-17-12-13-4-6-14(7-5-13)18(2)15-8-10-16(19-3)11-9-15/h4-11,17H,12H2,1-3H3. The van der Waals surface area contributed by atoms with Gasteiger partial charge in [0.1, 0.15) is 5.75 Å². The van der Waals surface area contributed by atoms with Crippen molar-refractivity contribution in [1.82, 2.24) is 5.32 Å². The third kappa shape index (κ3) is 3.26. The molecule has 0 spiro atoms. The molecule has 0 fully saturated rings. The van der Waals surface area contributed by atoms with Gasteiger partial charge in [0, 0.05) is 25.0 Å². The van der Waals surface area contributed by atoms with E-state index in [1.54, 1.807) is 7.11 Å². The lowest BCUT2D eigenvalue weighted by atomic mass is 10.2. The zero-order valence-electron chi connectivity index (χ0n) is 11.7. The Morgan fingerprint density at radius 3 is 1.95 bits per heavy atom. The van der Waals surface area contributed by atoms with Crippen molar-refractivity contribution in [2.45, 2.75) is 6.54 Å². The van der Waals surface area contributed by atoms with Crippen molar-refractivity contribution in [3.05, 3.63) is 54.1 Å². The number of ether oxygens (including phenoxy) is 1. The van der Waals surface area contributed by atoms with Crippen molar-refractivity contribution in [2.75, 3.05) is 26.1 Å². The molecule has 2 aromatic rings. The van der Waals surface area contributed by atoms with Gasteiger partial charge in [-0.1, -0.05) is 12.1 Å². The van der Waals surface area contributed by atoms with Crippen molar-refractivity contribution in [2.24, 2.45) is 0 Å². The first-order chi connectivity index (χ1) is 9.24. The Hall–Kier alpha value is -2.00. The van der Waals surface area contributed by atoms with E-state index in [1.165, 1.54) is 11.3 Å². The Morgan fingerprint density at radius 1 is 0.947 bits per heavy atom. The summed E-state index contributed by atoms with van der Waals surface area (Å²) in [6.45, 7) is 0.895. The van der Waals surface area contributed by atoms with Crippen LogP contribution < -0.4 is 15.0 Å². The van der Waals surface area contributed by atoms with Gasteiger partial charge in [-0.15, -0.1) is 0 Å². The Bertz CT molecular complexity index is 505. The number of anilines is 2. The molecule has 0 aliphatic heterocycles. The maximum absolute atomic E-state index is 5.17. The molecule has 19 heavy (non-hydrogen) atoms. The molecule has 1 N–H and O–H groups in total. The first-order valence-corrected chi connectivity index (χ1v) is 6.36. The summed E-state index contributed by atoms with van der Waals surface area (Å²) in [6, 6.07) is 16.6. The highest BCUT2D eigenvalue weighted by molar-refractivity contribution is 5.63. The van der Waals surface area contributed by atoms with Crippen molar-refractivity contribution < 1.29 is 4.74 Å². The van der Waals surface area contributed by atoms with Gasteiger partial charge in [0.25, 0.3) is 0 Å². The van der Waals surface area contributed by atoms with E-state index in [1.807, 2.05) is 19.2 Å². The molecule has 2 rings (SSSR count). The van der Waals surface area contributed by atoms with Crippen molar-refractivity contribution in [3.63, 3.8) is 0 Å². The van der Waals surface area contributed by atoms with Gasteiger partial charge >= 0.3 is 0 Å². The van der Waals surface area contributed by atoms with Crippen molar-refractivity contribution in [1.29, 1.82) is 0 Å². The smallest absolute Gasteiger partial charge is 0.119 e. The minimum atomic E-state index is 0.876. The number of methoxy groups -OCH3 is 1. The quantitative estimate of drug-likeness (QED) is 0.889. The fourth-order valence-electron chi connectivity index (χ4n) is 2.00. The first kappa shape index (κ1) is 13.4. The maximum Gasteiger partial charge on any atom is 0.119 e. The van der Waals surface area contributed by atoms with Gasteiger partial charge in [0.05, 0.1) is 7.11 Å². The normalized spacial score (nSPS) is 10.3. The summed E-state index contributed by atoms with van der Waals surface area (Å²) >= 11 is 0. The topological polar surface area (TPSA) is 24.5 Å². The van der Waals surface area contributed by atoms with E-state index in [-0.39, 0.29) is 0 Å². The highest BCUT2D eigenvalue weighted by Gasteiger charge is 2.04. The number of nitrogens with zero attached hydrogens (tertiary/aromatic N) is 1. The highest BCUT2D eigenvalue weighted by Crippen LogP contribution is 2.25. The average Bonchev–Trinajstić information content (AvgIpc) is 2.48. The van der Waals surface area contributed by atoms with Gasteiger partial charge in [-0.05, 0) is 49.0 Å². The molecule has 0 amide bonds. The second kappa shape index (κ2) is 6.25. The third-order valence-electron chi connectivity index (χ3n) is 3.16. The lowest BCUT2D eigenvalue weighted by molar-refractivity contribution is 0.415. The number of hydrogen-bond acceptors (Lipinski definition) is 3. The molecule has 0 aliphatic carbocycles. The monoisotopic (exact) mass is 256 g/mol. The summed E-state index contributed by atoms with van der Waals surface area (Å²) in [4.78, 5) is 2.16. The average molecular weight is 256 g/mol. The predicted molar refractivity (Wildman–Crippen MR) is 80.3 cm³/mol. The van der Waals surface area contributed by atoms with E-state index < -0.39 is 0 Å². The number of rotatable bonds is 5. The van der Waals surface area contributed by atoms with Crippen LogP contribution in [0.2, 0.25) is 0 Å². The molecule has 100 valence electrons. The van der Waals surface area contributed by atoms with Crippen LogP contribution >= 0.6 is 0 Å². The molecule has 0 atom stereocenters. The van der Waals surface area contributed by atoms with Gasteiger partial charge in [0.2, 0.25) is 0 Å². The fourth-order valence-corrected chi connectivity index (χ4v) is 2.00. The zero-order valence-corrected chi connectivity index (χ0v) is 11.7. The molecule has 0 aliphatic rings. The fraction of sp³-hybridized carbons (Fsp3) is 0.250. The minimum absolute atomic E-state index is 0.876. The molecule has 3 heteroatoms. The molecule has 0 saturated carbocycles. The molecule has 3 nitrogen and oxygen atoms in total. The van der Waals surface area contributed by atoms with Gasteiger partial charge in [0.15, 0.2) is 0 Å². The molecule has 0 bridgehead atoms. The molecule has 0 saturated heterocycles. The SMILES string of the molecule is CNCc1ccc(N(C)c2ccc(OC)cc2)cc1. The van der Waals surface area contributed by atoms with Crippen molar-refractivity contribution in [3.8, 4) is 5.75 Å². The second-order valence-electron chi connectivity index (χ2n) is 4.45. The molecule has 2 aromatic carbocycles. The summed E-state index contributed by atoms with van der Waals surface area (Å²) in [5, 5.41) is 3.15. The van der Waals surface area contributed by atoms with Crippen LogP contribution in [0.4, 0.5) is 11.4 Å². The van der Waals surface area contributed by atoms with Gasteiger partial charge < -0.3 is 15.0 Å². The van der Waals surface area contributed by atoms with Gasteiger partial charge in [-0.2, -0.15) is 0 Å². The summed E-state index contributed by atoms with van der Waals surface area (Å²) in [7, 11) is 5.70. The van der Waals surface area contributed by atoms with E-state index in [0.29, 0.717) is 0 Å². The van der Waals surface area contributed by atoms with E-state index in [4.69, 9.17) is 4.74 Å². The summed E-state index contributed by atoms with van der Waals surface area (Å²) in [5.41, 5.74) is 3.60. The van der Waals surface area contributed by atoms with Gasteiger partial charge in [-0.3, -0.25) is 0 Å². The van der Waals surface area contributed by atoms with Crippen molar-refractivity contribution >= 4 is 11.4 Å². The largest absolute Gasteiger partial charge is 0.497 e. The molecule has 0 radical (unpaired) electrons. The molecular weight excluding hydrogens is 236 g/mol. The van der Waals surface area contributed by atoms with E-state index in [0.717, 1.165) is 18.0 Å². The van der Waals surface area contributed by atoms with E-state index >= 15 is 0 Å². The summed E-state index contributed by atoms with van der Waals surface area (Å²) < 4.78 is 5.17. The van der Waals surface area contributed by atoms with Crippen LogP contribution in [0.5, 0.6) is 5.75 Å². The lowest BCUT2D eigenvalue weighted by Crippen LogP contribution is -2.10. The van der Waals surface area contributed by atoms with Crippen LogP contribution in [0, 0.1) is 0 Å². The lowest BCUT2D eigenvalue weighted by Gasteiger charge is -2.20. The predicted octanol–water partition coefficient (Wildman–Crippen LogP) is 3.18. The Kier molecular flexibility index (Phi) is 4.42. The molecule has 0 unspecified atom stereocenters. The number of benzene rings is 2. The van der Waals surface area contributed by atoms with Crippen LogP contribution in [0.3, 0.4) is 0 Å². The number of hydrogen-bond donors (Lipinski definition) is 1. The number of nitrogens with one attached hydrogen (secondary N) is 1. The third-order valence-corrected chi connectivity index (χ3v) is 3.16. The van der Waals surface area contributed by atoms with E-state index in [2.05, 4.69) is 53.7 Å². The zero-order chi connectivity index (χ0) is 13.7. The molecule has 0 heterocycles. The first-order valence-electron chi connectivity index (χ1n) is 6.36. The summed E-state index contributed by atoms with van der Waals surface area (Å²) in [6.07, 6.45) is 0. The van der Waals surface area contributed by atoms with E-state index in [9.17, 15) is 0 Å². The second-order valence-corrected chi connectivity index (χ2v) is 4.45. The molecular formula is C16H20N2O. The van der Waals surface area contributed by atoms with Crippen LogP contribution in [0.15, 0.2) is 48.5 Å². The Labute approximate surface area is 114 Å². The highest BCUT2D eigenvalue weighted by atomic mass is 16.5. The van der Waals surface area contributed by atoms with Gasteiger partial charge in [-0.25, -0.2) is 0 Å². The Morgan fingerprint density at radius 2 is 1.47 bits per heavy atom. The van der Waals surface area contributed by atoms with Crippen LogP contribution in [0.25, 0.3) is 0 Å². The Balaban J connectivity index is 2.15. The molecule has 0 aromatic heterocycles. The summed E-state index contributed by atoms with van der Waals surface area (Å²) in [5.74, 6) is 0.876. The van der Waals surface area contributed by atoms with Crippen LogP contribution in [-0.4, -0.2) is 21.2 Å². The van der Waals surface area contributed by atoms with Crippen LogP contribution in [-0.2, 0) is 6.54 Å².